The maximum atomic E-state index is 13.1. The first kappa shape index (κ1) is 11.8. The molecule has 0 fully saturated rings. The number of rotatable bonds is 1. The van der Waals surface area contributed by atoms with E-state index in [1.807, 2.05) is 0 Å². The summed E-state index contributed by atoms with van der Waals surface area (Å²) in [6.45, 7) is 0. The molecule has 0 N–H and O–H groups in total. The number of halogens is 6. The topological polar surface area (TPSA) is 0 Å². The van der Waals surface area contributed by atoms with E-state index < -0.39 is 23.1 Å². The molecule has 6 heteroatoms. The first-order valence-corrected chi connectivity index (χ1v) is 4.98. The van der Waals surface area contributed by atoms with Gasteiger partial charge in [-0.05, 0) is 12.1 Å². The van der Waals surface area contributed by atoms with Crippen molar-refractivity contribution in [3.63, 3.8) is 0 Å². The lowest BCUT2D eigenvalue weighted by Gasteiger charge is -2.12. The molecule has 1 aromatic rings. The largest absolute Gasteiger partial charge is 0.416 e. The van der Waals surface area contributed by atoms with Gasteiger partial charge in [-0.2, -0.15) is 13.2 Å². The average molecular weight is 291 g/mol. The van der Waals surface area contributed by atoms with Gasteiger partial charge in [-0.25, -0.2) is 4.39 Å². The van der Waals surface area contributed by atoms with Crippen LogP contribution in [-0.4, -0.2) is 0 Å². The van der Waals surface area contributed by atoms with E-state index in [1.165, 1.54) is 0 Å². The number of hydrogen-bond acceptors (Lipinski definition) is 0. The van der Waals surface area contributed by atoms with E-state index in [0.717, 1.165) is 12.1 Å². The fraction of sp³-hybridized carbons (Fsp3) is 0.250. The Morgan fingerprint density at radius 1 is 1.29 bits per heavy atom. The Bertz CT molecular complexity index is 348. The van der Waals surface area contributed by atoms with Crippen molar-refractivity contribution in [2.45, 2.75) is 11.5 Å². The van der Waals surface area contributed by atoms with Gasteiger partial charge in [-0.15, -0.1) is 0 Å². The second kappa shape index (κ2) is 4.06. The van der Waals surface area contributed by atoms with Crippen molar-refractivity contribution in [3.8, 4) is 0 Å². The third-order valence-electron chi connectivity index (χ3n) is 1.64. The molecule has 14 heavy (non-hydrogen) atoms. The maximum Gasteiger partial charge on any atom is 0.416 e. The van der Waals surface area contributed by atoms with Crippen LogP contribution in [0.15, 0.2) is 12.1 Å². The summed E-state index contributed by atoms with van der Waals surface area (Å²) in [5.74, 6) is -1.03. The second-order valence-electron chi connectivity index (χ2n) is 2.52. The van der Waals surface area contributed by atoms with Gasteiger partial charge in [-0.3, -0.25) is 0 Å². The molecule has 78 valence electrons. The lowest BCUT2D eigenvalue weighted by Crippen LogP contribution is -2.10. The van der Waals surface area contributed by atoms with Crippen LogP contribution < -0.4 is 0 Å². The molecule has 0 nitrogen and oxygen atoms in total. The van der Waals surface area contributed by atoms with Crippen molar-refractivity contribution in [2.24, 2.45) is 0 Å². The molecule has 0 heterocycles. The minimum absolute atomic E-state index is 0.228. The van der Waals surface area contributed by atoms with Gasteiger partial charge < -0.3 is 0 Å². The zero-order valence-electron chi connectivity index (χ0n) is 6.63. The Morgan fingerprint density at radius 3 is 2.29 bits per heavy atom. The van der Waals surface area contributed by atoms with E-state index in [2.05, 4.69) is 15.9 Å². The molecular formula is C8H4BrClF4. The van der Waals surface area contributed by atoms with Gasteiger partial charge in [0.1, 0.15) is 5.82 Å². The van der Waals surface area contributed by atoms with Crippen LogP contribution in [0.5, 0.6) is 0 Å². The molecule has 0 radical (unpaired) electrons. The quantitative estimate of drug-likeness (QED) is 0.531. The second-order valence-corrected chi connectivity index (χ2v) is 3.49. The van der Waals surface area contributed by atoms with Crippen LogP contribution in [0.25, 0.3) is 0 Å². The Hall–Kier alpha value is -0.290. The Morgan fingerprint density at radius 2 is 1.86 bits per heavy atom. The minimum Gasteiger partial charge on any atom is -0.205 e. The van der Waals surface area contributed by atoms with E-state index in [4.69, 9.17) is 11.6 Å². The van der Waals surface area contributed by atoms with Crippen LogP contribution in [0.1, 0.15) is 11.1 Å². The van der Waals surface area contributed by atoms with Crippen LogP contribution in [0.3, 0.4) is 0 Å². The normalized spacial score (nSPS) is 11.9. The molecule has 0 spiro atoms. The molecule has 0 bridgehead atoms. The summed E-state index contributed by atoms with van der Waals surface area (Å²) in [6.07, 6.45) is -4.56. The molecule has 0 saturated carbocycles. The molecule has 0 aliphatic heterocycles. The summed E-state index contributed by atoms with van der Waals surface area (Å²) in [7, 11) is 0. The zero-order chi connectivity index (χ0) is 10.9. The van der Waals surface area contributed by atoms with Gasteiger partial charge in [0.25, 0.3) is 0 Å². The van der Waals surface area contributed by atoms with E-state index in [0.29, 0.717) is 0 Å². The molecule has 0 saturated heterocycles. The third kappa shape index (κ3) is 2.20. The van der Waals surface area contributed by atoms with Crippen LogP contribution in [0, 0.1) is 5.82 Å². The molecule has 0 amide bonds. The van der Waals surface area contributed by atoms with Crippen molar-refractivity contribution < 1.29 is 17.6 Å². The Balaban J connectivity index is 3.39. The summed E-state index contributed by atoms with van der Waals surface area (Å²) in [5.41, 5.74) is -1.47. The van der Waals surface area contributed by atoms with Gasteiger partial charge in [0, 0.05) is 10.9 Å². The zero-order valence-corrected chi connectivity index (χ0v) is 8.97. The summed E-state index contributed by atoms with van der Waals surface area (Å²) < 4.78 is 50.1. The standard InChI is InChI=1S/C8H4BrClF4/c9-3-4-5(8(12,13)14)1-2-6(10)7(4)11/h1-2H,3H2. The highest BCUT2D eigenvalue weighted by Gasteiger charge is 2.34. The smallest absolute Gasteiger partial charge is 0.205 e. The third-order valence-corrected chi connectivity index (χ3v) is 2.49. The fourth-order valence-electron chi connectivity index (χ4n) is 0.989. The van der Waals surface area contributed by atoms with Crippen LogP contribution in [-0.2, 0) is 11.5 Å². The molecule has 0 aliphatic rings. The summed E-state index contributed by atoms with van der Waals surface area (Å²) in [6, 6.07) is 1.66. The summed E-state index contributed by atoms with van der Waals surface area (Å²) in [5, 5.41) is -0.540. The Kier molecular flexibility index (Phi) is 3.42. The lowest BCUT2D eigenvalue weighted by atomic mass is 10.1. The molecule has 1 aromatic carbocycles. The van der Waals surface area contributed by atoms with E-state index in [-0.39, 0.29) is 10.4 Å². The Labute approximate surface area is 91.0 Å². The van der Waals surface area contributed by atoms with Crippen LogP contribution >= 0.6 is 27.5 Å². The van der Waals surface area contributed by atoms with Gasteiger partial charge in [0.15, 0.2) is 0 Å². The van der Waals surface area contributed by atoms with E-state index >= 15 is 0 Å². The van der Waals surface area contributed by atoms with Crippen molar-refractivity contribution in [3.05, 3.63) is 34.1 Å². The van der Waals surface area contributed by atoms with Crippen LogP contribution in [0.2, 0.25) is 5.02 Å². The molecule has 0 unspecified atom stereocenters. The van der Waals surface area contributed by atoms with E-state index in [1.54, 1.807) is 0 Å². The van der Waals surface area contributed by atoms with Crippen molar-refractivity contribution in [1.29, 1.82) is 0 Å². The van der Waals surface area contributed by atoms with Gasteiger partial charge in [-0.1, -0.05) is 27.5 Å². The SMILES string of the molecule is Fc1c(Cl)ccc(C(F)(F)F)c1CBr. The highest BCUT2D eigenvalue weighted by Crippen LogP contribution is 2.35. The predicted molar refractivity (Wildman–Crippen MR) is 49.0 cm³/mol. The molecule has 1 rings (SSSR count). The van der Waals surface area contributed by atoms with Gasteiger partial charge >= 0.3 is 6.18 Å². The van der Waals surface area contributed by atoms with Crippen molar-refractivity contribution >= 4 is 27.5 Å². The van der Waals surface area contributed by atoms with Crippen molar-refractivity contribution in [2.75, 3.05) is 0 Å². The van der Waals surface area contributed by atoms with Crippen LogP contribution in [0.4, 0.5) is 17.6 Å². The number of benzene rings is 1. The first-order chi connectivity index (χ1) is 6.38. The molecule has 0 atom stereocenters. The molecule has 0 aliphatic carbocycles. The minimum atomic E-state index is -4.56. The molecule has 0 aromatic heterocycles. The summed E-state index contributed by atoms with van der Waals surface area (Å²) in [4.78, 5) is 0. The lowest BCUT2D eigenvalue weighted by molar-refractivity contribution is -0.138. The monoisotopic (exact) mass is 290 g/mol. The van der Waals surface area contributed by atoms with Gasteiger partial charge in [0.2, 0.25) is 0 Å². The fourth-order valence-corrected chi connectivity index (χ4v) is 1.71. The number of hydrogen-bond donors (Lipinski definition) is 0. The molecular weight excluding hydrogens is 287 g/mol. The van der Waals surface area contributed by atoms with Crippen molar-refractivity contribution in [1.82, 2.24) is 0 Å². The first-order valence-electron chi connectivity index (χ1n) is 3.48. The average Bonchev–Trinajstić information content (AvgIpc) is 2.07. The maximum absolute atomic E-state index is 13.1. The van der Waals surface area contributed by atoms with E-state index in [9.17, 15) is 17.6 Å². The highest BCUT2D eigenvalue weighted by molar-refractivity contribution is 9.08. The number of alkyl halides is 4. The summed E-state index contributed by atoms with van der Waals surface area (Å²) >= 11 is 8.14. The van der Waals surface area contributed by atoms with Gasteiger partial charge in [0.05, 0.1) is 10.6 Å². The predicted octanol–water partition coefficient (Wildman–Crippen LogP) is 4.39. The highest BCUT2D eigenvalue weighted by atomic mass is 79.9.